The summed E-state index contributed by atoms with van der Waals surface area (Å²) < 4.78 is 0. The zero-order valence-corrected chi connectivity index (χ0v) is 14.4. The highest BCUT2D eigenvalue weighted by atomic mass is 32.1. The number of hydrogen-bond donors (Lipinski definition) is 2. The van der Waals surface area contributed by atoms with Crippen molar-refractivity contribution in [3.63, 3.8) is 0 Å². The molecular weight excluding hydrogens is 336 g/mol. The molecule has 0 spiro atoms. The summed E-state index contributed by atoms with van der Waals surface area (Å²) in [5.41, 5.74) is 2.16. The van der Waals surface area contributed by atoms with Crippen molar-refractivity contribution in [3.05, 3.63) is 94.2 Å². The van der Waals surface area contributed by atoms with E-state index in [0.29, 0.717) is 9.99 Å². The lowest BCUT2D eigenvalue weighted by molar-refractivity contribution is 0.0980. The summed E-state index contributed by atoms with van der Waals surface area (Å²) in [6, 6.07) is 23.5. The number of hydrogen-bond acceptors (Lipinski definition) is 3. The molecule has 1 heterocycles. The van der Waals surface area contributed by atoms with Crippen molar-refractivity contribution < 1.29 is 4.79 Å². The lowest BCUT2D eigenvalue weighted by Crippen LogP contribution is -2.41. The molecule has 120 valence electrons. The van der Waals surface area contributed by atoms with Gasteiger partial charge in [-0.1, -0.05) is 66.7 Å². The molecule has 3 nitrogen and oxygen atoms in total. The van der Waals surface area contributed by atoms with Gasteiger partial charge in [0.2, 0.25) is 0 Å². The first kappa shape index (κ1) is 16.4. The molecule has 0 unspecified atom stereocenters. The molecule has 0 atom stereocenters. The summed E-state index contributed by atoms with van der Waals surface area (Å²) in [6.45, 7) is 0. The summed E-state index contributed by atoms with van der Waals surface area (Å²) in [7, 11) is 0. The first-order chi connectivity index (χ1) is 11.7. The predicted molar refractivity (Wildman–Crippen MR) is 102 cm³/mol. The van der Waals surface area contributed by atoms with Gasteiger partial charge in [0.25, 0.3) is 5.91 Å². The van der Waals surface area contributed by atoms with E-state index in [9.17, 15) is 4.79 Å². The van der Waals surface area contributed by atoms with Crippen LogP contribution in [-0.2, 0) is 0 Å². The second kappa shape index (κ2) is 7.86. The Balaban J connectivity index is 1.77. The van der Waals surface area contributed by atoms with Crippen molar-refractivity contribution in [3.8, 4) is 0 Å². The third kappa shape index (κ3) is 4.07. The van der Waals surface area contributed by atoms with Crippen molar-refractivity contribution in [2.45, 2.75) is 6.04 Å². The van der Waals surface area contributed by atoms with Gasteiger partial charge in [-0.3, -0.25) is 10.1 Å². The summed E-state index contributed by atoms with van der Waals surface area (Å²) in [6.07, 6.45) is 0. The number of rotatable bonds is 4. The standard InChI is InChI=1S/C19H16N2OS2/c22-18(16-12-7-13-24-16)21-19(23)20-17(14-8-3-1-4-9-14)15-10-5-2-6-11-15/h1-13,17H,(H2,20,21,22,23). The third-order valence-electron chi connectivity index (χ3n) is 3.51. The second-order valence-electron chi connectivity index (χ2n) is 5.16. The van der Waals surface area contributed by atoms with Gasteiger partial charge >= 0.3 is 0 Å². The van der Waals surface area contributed by atoms with Gasteiger partial charge in [-0.2, -0.15) is 0 Å². The van der Waals surface area contributed by atoms with Gasteiger partial charge in [0.05, 0.1) is 10.9 Å². The first-order valence-corrected chi connectivity index (χ1v) is 8.78. The van der Waals surface area contributed by atoms with Gasteiger partial charge in [0.15, 0.2) is 5.11 Å². The van der Waals surface area contributed by atoms with Gasteiger partial charge in [0, 0.05) is 0 Å². The first-order valence-electron chi connectivity index (χ1n) is 7.49. The second-order valence-corrected chi connectivity index (χ2v) is 6.52. The number of nitrogens with one attached hydrogen (secondary N) is 2. The maximum atomic E-state index is 12.1. The van der Waals surface area contributed by atoms with Gasteiger partial charge < -0.3 is 5.32 Å². The highest BCUT2D eigenvalue weighted by molar-refractivity contribution is 7.80. The monoisotopic (exact) mass is 352 g/mol. The average Bonchev–Trinajstić information content (AvgIpc) is 3.16. The number of carbonyl (C=O) groups excluding carboxylic acids is 1. The number of carbonyl (C=O) groups is 1. The van der Waals surface area contributed by atoms with E-state index >= 15 is 0 Å². The van der Waals surface area contributed by atoms with E-state index in [1.807, 2.05) is 72.1 Å². The van der Waals surface area contributed by atoms with Crippen LogP contribution in [0.3, 0.4) is 0 Å². The SMILES string of the molecule is O=C(NC(=S)NC(c1ccccc1)c1ccccc1)c1cccs1. The van der Waals surface area contributed by atoms with Crippen molar-refractivity contribution in [1.82, 2.24) is 10.6 Å². The number of amides is 1. The summed E-state index contributed by atoms with van der Waals surface area (Å²) in [5, 5.41) is 8.17. The van der Waals surface area contributed by atoms with Gasteiger partial charge in [-0.05, 0) is 34.8 Å². The molecule has 1 aromatic heterocycles. The van der Waals surface area contributed by atoms with Crippen LogP contribution in [-0.4, -0.2) is 11.0 Å². The van der Waals surface area contributed by atoms with E-state index in [1.165, 1.54) is 11.3 Å². The van der Waals surface area contributed by atoms with E-state index in [0.717, 1.165) is 11.1 Å². The maximum Gasteiger partial charge on any atom is 0.267 e. The molecular formula is C19H16N2OS2. The van der Waals surface area contributed by atoms with Gasteiger partial charge in [-0.25, -0.2) is 0 Å². The molecule has 2 aromatic carbocycles. The van der Waals surface area contributed by atoms with Gasteiger partial charge in [-0.15, -0.1) is 11.3 Å². The number of thiocarbonyl (C=S) groups is 1. The van der Waals surface area contributed by atoms with Crippen LogP contribution in [0.1, 0.15) is 26.8 Å². The van der Waals surface area contributed by atoms with Crippen molar-refractivity contribution in [2.75, 3.05) is 0 Å². The Hall–Kier alpha value is -2.50. The quantitative estimate of drug-likeness (QED) is 0.693. The Morgan fingerprint density at radius 1 is 0.875 bits per heavy atom. The normalized spacial score (nSPS) is 10.4. The van der Waals surface area contributed by atoms with E-state index in [1.54, 1.807) is 6.07 Å². The molecule has 0 bridgehead atoms. The Kier molecular flexibility index (Phi) is 5.36. The van der Waals surface area contributed by atoms with Crippen LogP contribution in [0.2, 0.25) is 0 Å². The highest BCUT2D eigenvalue weighted by Gasteiger charge is 2.16. The molecule has 0 aliphatic carbocycles. The summed E-state index contributed by atoms with van der Waals surface area (Å²) >= 11 is 6.73. The largest absolute Gasteiger partial charge is 0.351 e. The minimum atomic E-state index is -0.192. The Bertz CT molecular complexity index is 762. The lowest BCUT2D eigenvalue weighted by Gasteiger charge is -2.21. The summed E-state index contributed by atoms with van der Waals surface area (Å²) in [5.74, 6) is -0.192. The Morgan fingerprint density at radius 3 is 1.96 bits per heavy atom. The average molecular weight is 352 g/mol. The smallest absolute Gasteiger partial charge is 0.267 e. The molecule has 5 heteroatoms. The zero-order valence-electron chi connectivity index (χ0n) is 12.8. The molecule has 1 amide bonds. The molecule has 0 aliphatic rings. The number of thiophene rings is 1. The topological polar surface area (TPSA) is 41.1 Å². The van der Waals surface area contributed by atoms with Crippen LogP contribution in [0.25, 0.3) is 0 Å². The molecule has 3 rings (SSSR count). The molecule has 0 saturated heterocycles. The van der Waals surface area contributed by atoms with Crippen LogP contribution in [0, 0.1) is 0 Å². The van der Waals surface area contributed by atoms with Crippen LogP contribution in [0.5, 0.6) is 0 Å². The zero-order chi connectivity index (χ0) is 16.8. The Labute approximate surface area is 150 Å². The fourth-order valence-electron chi connectivity index (χ4n) is 2.39. The van der Waals surface area contributed by atoms with Gasteiger partial charge in [0.1, 0.15) is 0 Å². The molecule has 0 radical (unpaired) electrons. The van der Waals surface area contributed by atoms with E-state index < -0.39 is 0 Å². The molecule has 0 aliphatic heterocycles. The number of benzene rings is 2. The van der Waals surface area contributed by atoms with E-state index in [-0.39, 0.29) is 11.9 Å². The van der Waals surface area contributed by atoms with E-state index in [4.69, 9.17) is 12.2 Å². The fourth-order valence-corrected chi connectivity index (χ4v) is 3.22. The molecule has 24 heavy (non-hydrogen) atoms. The minimum absolute atomic E-state index is 0.122. The Morgan fingerprint density at radius 2 is 1.46 bits per heavy atom. The highest BCUT2D eigenvalue weighted by Crippen LogP contribution is 2.21. The van der Waals surface area contributed by atoms with Crippen molar-refractivity contribution in [2.24, 2.45) is 0 Å². The van der Waals surface area contributed by atoms with Crippen LogP contribution in [0.4, 0.5) is 0 Å². The van der Waals surface area contributed by atoms with Crippen molar-refractivity contribution >= 4 is 34.6 Å². The minimum Gasteiger partial charge on any atom is -0.351 e. The van der Waals surface area contributed by atoms with Crippen LogP contribution < -0.4 is 10.6 Å². The van der Waals surface area contributed by atoms with Crippen LogP contribution in [0.15, 0.2) is 78.2 Å². The van der Waals surface area contributed by atoms with Crippen molar-refractivity contribution in [1.29, 1.82) is 0 Å². The van der Waals surface area contributed by atoms with E-state index in [2.05, 4.69) is 10.6 Å². The summed E-state index contributed by atoms with van der Waals surface area (Å²) in [4.78, 5) is 12.8. The predicted octanol–water partition coefficient (Wildman–Crippen LogP) is 4.14. The maximum absolute atomic E-state index is 12.1. The molecule has 0 saturated carbocycles. The molecule has 3 aromatic rings. The third-order valence-corrected chi connectivity index (χ3v) is 4.60. The lowest BCUT2D eigenvalue weighted by atomic mass is 9.99. The molecule has 2 N–H and O–H groups in total. The van der Waals surface area contributed by atoms with Crippen LogP contribution >= 0.6 is 23.6 Å². The molecule has 0 fully saturated rings. The fraction of sp³-hybridized carbons (Fsp3) is 0.0526.